The van der Waals surface area contributed by atoms with Crippen LogP contribution in [0.25, 0.3) is 0 Å². The van der Waals surface area contributed by atoms with Crippen LogP contribution in [-0.2, 0) is 12.6 Å². The molecule has 25 heavy (non-hydrogen) atoms. The predicted octanol–water partition coefficient (Wildman–Crippen LogP) is 4.61. The maximum atomic E-state index is 13.1. The van der Waals surface area contributed by atoms with E-state index in [1.807, 2.05) is 5.32 Å². The highest BCUT2D eigenvalue weighted by Gasteiger charge is 2.40. The summed E-state index contributed by atoms with van der Waals surface area (Å²) in [5.41, 5.74) is -0.895. The van der Waals surface area contributed by atoms with Crippen LogP contribution in [0.5, 0.6) is 0 Å². The first-order valence-electron chi connectivity index (χ1n) is 7.16. The molecule has 0 unspecified atom stereocenters. The van der Waals surface area contributed by atoms with Crippen molar-refractivity contribution in [2.75, 3.05) is 0 Å². The molecular formula is C17H13F6NO. The molecule has 0 radical (unpaired) electrons. The summed E-state index contributed by atoms with van der Waals surface area (Å²) in [7, 11) is 0. The van der Waals surface area contributed by atoms with Crippen molar-refractivity contribution >= 4 is 5.91 Å². The molecule has 0 saturated carbocycles. The Labute approximate surface area is 139 Å². The molecule has 1 N–H and O–H groups in total. The van der Waals surface area contributed by atoms with E-state index in [9.17, 15) is 31.1 Å². The molecule has 0 fully saturated rings. The van der Waals surface area contributed by atoms with Crippen molar-refractivity contribution in [1.82, 2.24) is 5.32 Å². The molecular weight excluding hydrogens is 348 g/mol. The molecule has 0 aliphatic carbocycles. The minimum absolute atomic E-state index is 0.282. The van der Waals surface area contributed by atoms with Crippen LogP contribution < -0.4 is 5.32 Å². The zero-order chi connectivity index (χ0) is 18.7. The lowest BCUT2D eigenvalue weighted by molar-refractivity contribution is -0.153. The fourth-order valence-electron chi connectivity index (χ4n) is 2.15. The molecule has 2 rings (SSSR count). The van der Waals surface area contributed by atoms with Gasteiger partial charge in [0, 0.05) is 12.0 Å². The maximum absolute atomic E-state index is 13.1. The Morgan fingerprint density at radius 2 is 1.44 bits per heavy atom. The monoisotopic (exact) mass is 361 g/mol. The highest BCUT2D eigenvalue weighted by atomic mass is 19.4. The number of carbonyl (C=O) groups excluding carboxylic acids is 1. The number of benzene rings is 2. The maximum Gasteiger partial charge on any atom is 0.416 e. The number of halogens is 6. The number of rotatable bonds is 4. The number of alkyl halides is 6. The van der Waals surface area contributed by atoms with Gasteiger partial charge in [-0.25, -0.2) is 0 Å². The van der Waals surface area contributed by atoms with Gasteiger partial charge in [0.25, 0.3) is 5.91 Å². The second kappa shape index (κ2) is 7.16. The van der Waals surface area contributed by atoms with Gasteiger partial charge in [0.05, 0.1) is 5.56 Å². The molecule has 0 aliphatic heterocycles. The van der Waals surface area contributed by atoms with Gasteiger partial charge in [-0.05, 0) is 29.8 Å². The van der Waals surface area contributed by atoms with Crippen molar-refractivity contribution in [2.45, 2.75) is 24.8 Å². The van der Waals surface area contributed by atoms with Gasteiger partial charge in [-0.2, -0.15) is 26.3 Å². The summed E-state index contributed by atoms with van der Waals surface area (Å²) < 4.78 is 76.9. The van der Waals surface area contributed by atoms with Crippen molar-refractivity contribution in [3.63, 3.8) is 0 Å². The molecule has 0 spiro atoms. The van der Waals surface area contributed by atoms with Crippen LogP contribution in [0.4, 0.5) is 26.3 Å². The first kappa shape index (κ1) is 18.8. The van der Waals surface area contributed by atoms with E-state index in [0.717, 1.165) is 12.1 Å². The summed E-state index contributed by atoms with van der Waals surface area (Å²) in [6, 6.07) is 8.59. The standard InChI is InChI=1S/C17H13F6NO/c18-16(19,20)13-8-6-12(7-9-13)15(25)24-14(17(21,22)23)10-11-4-2-1-3-5-11/h1-9,14H,10H2,(H,24,25)/t14-/m0/s1. The van der Waals surface area contributed by atoms with Gasteiger partial charge in [-0.3, -0.25) is 4.79 Å². The first-order valence-corrected chi connectivity index (χ1v) is 7.16. The third-order valence-corrected chi connectivity index (χ3v) is 3.46. The first-order chi connectivity index (χ1) is 11.6. The SMILES string of the molecule is O=C(N[C@@H](Cc1ccccc1)C(F)(F)F)c1ccc(C(F)(F)F)cc1. The Hall–Kier alpha value is -2.51. The zero-order valence-corrected chi connectivity index (χ0v) is 12.7. The van der Waals surface area contributed by atoms with Gasteiger partial charge < -0.3 is 5.32 Å². The molecule has 1 atom stereocenters. The van der Waals surface area contributed by atoms with Gasteiger partial charge in [-0.1, -0.05) is 30.3 Å². The molecule has 2 nitrogen and oxygen atoms in total. The lowest BCUT2D eigenvalue weighted by atomic mass is 10.0. The van der Waals surface area contributed by atoms with Crippen molar-refractivity contribution in [3.05, 3.63) is 71.3 Å². The summed E-state index contributed by atoms with van der Waals surface area (Å²) in [6.07, 6.45) is -9.76. The van der Waals surface area contributed by atoms with E-state index >= 15 is 0 Å². The van der Waals surface area contributed by atoms with Crippen LogP contribution in [0, 0.1) is 0 Å². The third-order valence-electron chi connectivity index (χ3n) is 3.46. The molecule has 2 aromatic carbocycles. The highest BCUT2D eigenvalue weighted by molar-refractivity contribution is 5.94. The van der Waals surface area contributed by atoms with Crippen LogP contribution in [0.15, 0.2) is 54.6 Å². The molecule has 0 saturated heterocycles. The topological polar surface area (TPSA) is 29.1 Å². The van der Waals surface area contributed by atoms with E-state index in [1.165, 1.54) is 12.1 Å². The molecule has 2 aromatic rings. The Morgan fingerprint density at radius 1 is 0.880 bits per heavy atom. The number of nitrogens with one attached hydrogen (secondary N) is 1. The highest BCUT2D eigenvalue weighted by Crippen LogP contribution is 2.29. The molecule has 134 valence electrons. The normalized spacial score (nSPS) is 13.4. The second-order valence-electron chi connectivity index (χ2n) is 5.33. The number of amides is 1. The zero-order valence-electron chi connectivity index (χ0n) is 12.7. The quantitative estimate of drug-likeness (QED) is 0.792. The van der Waals surface area contributed by atoms with E-state index in [2.05, 4.69) is 0 Å². The van der Waals surface area contributed by atoms with Crippen molar-refractivity contribution < 1.29 is 31.1 Å². The lowest BCUT2D eigenvalue weighted by Gasteiger charge is -2.22. The van der Waals surface area contributed by atoms with Gasteiger partial charge in [-0.15, -0.1) is 0 Å². The van der Waals surface area contributed by atoms with E-state index < -0.39 is 36.3 Å². The van der Waals surface area contributed by atoms with E-state index in [-0.39, 0.29) is 5.56 Å². The second-order valence-corrected chi connectivity index (χ2v) is 5.33. The van der Waals surface area contributed by atoms with Gasteiger partial charge in [0.1, 0.15) is 6.04 Å². The molecule has 1 amide bonds. The molecule has 0 aromatic heterocycles. The Bertz CT molecular complexity index is 707. The summed E-state index contributed by atoms with van der Waals surface area (Å²) in [4.78, 5) is 12.0. The third kappa shape index (κ3) is 5.23. The van der Waals surface area contributed by atoms with E-state index in [1.54, 1.807) is 18.2 Å². The average Bonchev–Trinajstić information content (AvgIpc) is 2.53. The van der Waals surface area contributed by atoms with Crippen molar-refractivity contribution in [1.29, 1.82) is 0 Å². The predicted molar refractivity (Wildman–Crippen MR) is 78.9 cm³/mol. The molecule has 8 heteroatoms. The van der Waals surface area contributed by atoms with Crippen LogP contribution in [0.3, 0.4) is 0 Å². The van der Waals surface area contributed by atoms with Crippen LogP contribution in [-0.4, -0.2) is 18.1 Å². The Morgan fingerprint density at radius 3 is 1.92 bits per heavy atom. The fraction of sp³-hybridized carbons (Fsp3) is 0.235. The number of hydrogen-bond donors (Lipinski definition) is 1. The summed E-state index contributed by atoms with van der Waals surface area (Å²) in [5, 5.41) is 1.83. The number of hydrogen-bond acceptors (Lipinski definition) is 1. The van der Waals surface area contributed by atoms with E-state index in [4.69, 9.17) is 0 Å². The summed E-state index contributed by atoms with van der Waals surface area (Å²) in [5.74, 6) is -1.09. The van der Waals surface area contributed by atoms with Gasteiger partial charge in [0.15, 0.2) is 0 Å². The van der Waals surface area contributed by atoms with Crippen LogP contribution in [0.1, 0.15) is 21.5 Å². The van der Waals surface area contributed by atoms with Gasteiger partial charge >= 0.3 is 12.4 Å². The average molecular weight is 361 g/mol. The number of carbonyl (C=O) groups is 1. The molecule has 0 bridgehead atoms. The summed E-state index contributed by atoms with van der Waals surface area (Å²) >= 11 is 0. The van der Waals surface area contributed by atoms with Gasteiger partial charge in [0.2, 0.25) is 0 Å². The molecule has 0 heterocycles. The molecule has 0 aliphatic rings. The van der Waals surface area contributed by atoms with Crippen LogP contribution in [0.2, 0.25) is 0 Å². The van der Waals surface area contributed by atoms with E-state index in [0.29, 0.717) is 17.7 Å². The lowest BCUT2D eigenvalue weighted by Crippen LogP contribution is -2.46. The smallest absolute Gasteiger partial charge is 0.340 e. The Kier molecular flexibility index (Phi) is 5.39. The minimum Gasteiger partial charge on any atom is -0.340 e. The van der Waals surface area contributed by atoms with Crippen molar-refractivity contribution in [2.24, 2.45) is 0 Å². The summed E-state index contributed by atoms with van der Waals surface area (Å²) in [6.45, 7) is 0. The minimum atomic E-state index is -4.70. The largest absolute Gasteiger partial charge is 0.416 e. The van der Waals surface area contributed by atoms with Crippen LogP contribution >= 0.6 is 0 Å². The Balaban J connectivity index is 2.14. The van der Waals surface area contributed by atoms with Crippen molar-refractivity contribution in [3.8, 4) is 0 Å². The fourth-order valence-corrected chi connectivity index (χ4v) is 2.15.